The van der Waals surface area contributed by atoms with Gasteiger partial charge in [-0.05, 0) is 66.6 Å². The Morgan fingerprint density at radius 3 is 2.40 bits per heavy atom. The number of benzene rings is 4. The molecule has 6 rings (SSSR count). The van der Waals surface area contributed by atoms with E-state index in [4.69, 9.17) is 9.47 Å². The van der Waals surface area contributed by atoms with Crippen molar-refractivity contribution in [2.75, 3.05) is 12.4 Å². The number of nitrogens with zero attached hydrogens (tertiary/aromatic N) is 2. The second kappa shape index (κ2) is 13.1. The van der Waals surface area contributed by atoms with Gasteiger partial charge in [-0.25, -0.2) is 4.99 Å². The van der Waals surface area contributed by atoms with Gasteiger partial charge in [0, 0.05) is 11.3 Å². The molecule has 0 saturated carbocycles. The van der Waals surface area contributed by atoms with E-state index in [1.54, 1.807) is 47.9 Å². The van der Waals surface area contributed by atoms with Crippen molar-refractivity contribution in [2.45, 2.75) is 25.7 Å². The van der Waals surface area contributed by atoms with Crippen molar-refractivity contribution in [3.05, 3.63) is 156 Å². The number of allylic oxidation sites excluding steroid dienone is 1. The summed E-state index contributed by atoms with van der Waals surface area (Å²) >= 11 is 1.20. The minimum Gasteiger partial charge on any atom is -0.496 e. The van der Waals surface area contributed by atoms with Gasteiger partial charge < -0.3 is 14.8 Å². The van der Waals surface area contributed by atoms with Crippen LogP contribution in [0.5, 0.6) is 11.5 Å². The molecule has 1 aliphatic heterocycles. The number of halogens is 3. The van der Waals surface area contributed by atoms with Gasteiger partial charge in [-0.3, -0.25) is 14.2 Å². The first kappa shape index (κ1) is 31.6. The molecule has 4 aromatic carbocycles. The molecule has 0 bridgehead atoms. The molecular formula is C36H28F3N3O4S. The minimum atomic E-state index is -4.49. The standard InChI is InChI=1S/C36H28F3N3O4S/c1-22-31(33(43)41-27-13-7-4-8-14-27)32(24-10-5-3-6-11-24)42-34(44)30(47-35(42)40-22)19-23-16-17-29(45-2)25(18-23)21-46-28-15-9-12-26(20-28)36(37,38)39/h3-20,32H,21H2,1-2H3,(H,41,43)/b30-19+. The predicted molar refractivity (Wildman–Crippen MR) is 174 cm³/mol. The molecule has 238 valence electrons. The van der Waals surface area contributed by atoms with Crippen molar-refractivity contribution in [3.8, 4) is 11.5 Å². The molecule has 11 heteroatoms. The number of hydrogen-bond acceptors (Lipinski definition) is 6. The van der Waals surface area contributed by atoms with E-state index in [9.17, 15) is 22.8 Å². The summed E-state index contributed by atoms with van der Waals surface area (Å²) in [5.74, 6) is 0.175. The van der Waals surface area contributed by atoms with Crippen molar-refractivity contribution < 1.29 is 27.4 Å². The first-order valence-electron chi connectivity index (χ1n) is 14.5. The van der Waals surface area contributed by atoms with Gasteiger partial charge in [0.1, 0.15) is 18.1 Å². The molecule has 1 N–H and O–H groups in total. The lowest BCUT2D eigenvalue weighted by Gasteiger charge is -2.25. The number of aromatic nitrogens is 1. The minimum absolute atomic E-state index is 0.0592. The normalized spacial score (nSPS) is 14.7. The average molecular weight is 656 g/mol. The number of para-hydroxylation sites is 1. The predicted octanol–water partition coefficient (Wildman–Crippen LogP) is 6.48. The quantitative estimate of drug-likeness (QED) is 0.208. The number of thiazole rings is 1. The van der Waals surface area contributed by atoms with Crippen LogP contribution >= 0.6 is 11.3 Å². The largest absolute Gasteiger partial charge is 0.496 e. The molecule has 1 aliphatic rings. The summed E-state index contributed by atoms with van der Waals surface area (Å²) in [6.07, 6.45) is -2.78. The Hall–Kier alpha value is -5.42. The van der Waals surface area contributed by atoms with E-state index in [-0.39, 0.29) is 23.8 Å². The van der Waals surface area contributed by atoms with E-state index in [1.165, 1.54) is 30.6 Å². The summed E-state index contributed by atoms with van der Waals surface area (Å²) < 4.78 is 52.6. The van der Waals surface area contributed by atoms with Gasteiger partial charge in [-0.1, -0.05) is 72.0 Å². The third-order valence-electron chi connectivity index (χ3n) is 7.57. The number of fused-ring (bicyclic) bond motifs is 1. The molecule has 5 aromatic rings. The van der Waals surface area contributed by atoms with E-state index in [1.807, 2.05) is 48.5 Å². The lowest BCUT2D eigenvalue weighted by atomic mass is 9.95. The van der Waals surface area contributed by atoms with Crippen LogP contribution in [0.1, 0.15) is 35.2 Å². The maximum atomic E-state index is 14.1. The molecule has 1 unspecified atom stereocenters. The zero-order valence-corrected chi connectivity index (χ0v) is 26.1. The Labute approximate surface area is 271 Å². The van der Waals surface area contributed by atoms with E-state index >= 15 is 0 Å². The van der Waals surface area contributed by atoms with Crippen LogP contribution < -0.4 is 29.7 Å². The Morgan fingerprint density at radius 2 is 1.70 bits per heavy atom. The van der Waals surface area contributed by atoms with Gasteiger partial charge in [0.05, 0.1) is 34.5 Å². The molecule has 0 spiro atoms. The molecule has 0 aliphatic carbocycles. The Bertz CT molecular complexity index is 2160. The lowest BCUT2D eigenvalue weighted by molar-refractivity contribution is -0.137. The number of amides is 1. The van der Waals surface area contributed by atoms with Gasteiger partial charge in [0.25, 0.3) is 11.5 Å². The number of rotatable bonds is 8. The number of carbonyl (C=O) groups excluding carboxylic acids is 1. The molecule has 1 aromatic heterocycles. The summed E-state index contributed by atoms with van der Waals surface area (Å²) in [7, 11) is 1.48. The van der Waals surface area contributed by atoms with Gasteiger partial charge in [0.15, 0.2) is 4.80 Å². The molecule has 1 amide bonds. The average Bonchev–Trinajstić information content (AvgIpc) is 3.37. The van der Waals surface area contributed by atoms with E-state index in [0.29, 0.717) is 43.2 Å². The van der Waals surface area contributed by atoms with E-state index < -0.39 is 17.8 Å². The summed E-state index contributed by atoms with van der Waals surface area (Å²) in [5.41, 5.74) is 2.32. The lowest BCUT2D eigenvalue weighted by Crippen LogP contribution is -2.40. The Morgan fingerprint density at radius 1 is 0.979 bits per heavy atom. The molecular weight excluding hydrogens is 627 g/mol. The molecule has 0 saturated heterocycles. The fourth-order valence-corrected chi connectivity index (χ4v) is 6.40. The van der Waals surface area contributed by atoms with Gasteiger partial charge in [-0.15, -0.1) is 0 Å². The van der Waals surface area contributed by atoms with Gasteiger partial charge in [0.2, 0.25) is 0 Å². The van der Waals surface area contributed by atoms with Gasteiger partial charge in [-0.2, -0.15) is 13.2 Å². The first-order valence-corrected chi connectivity index (χ1v) is 15.3. The third-order valence-corrected chi connectivity index (χ3v) is 8.55. The number of anilines is 1. The van der Waals surface area contributed by atoms with Crippen molar-refractivity contribution >= 4 is 29.0 Å². The number of carbonyl (C=O) groups is 1. The topological polar surface area (TPSA) is 81.9 Å². The van der Waals surface area contributed by atoms with Crippen molar-refractivity contribution in [2.24, 2.45) is 4.99 Å². The van der Waals surface area contributed by atoms with E-state index in [0.717, 1.165) is 17.7 Å². The molecule has 0 fully saturated rings. The number of nitrogens with one attached hydrogen (secondary N) is 1. The van der Waals surface area contributed by atoms with Crippen LogP contribution in [0.2, 0.25) is 0 Å². The summed E-state index contributed by atoms with van der Waals surface area (Å²) in [6.45, 7) is 1.69. The van der Waals surface area contributed by atoms with Crippen LogP contribution in [0.3, 0.4) is 0 Å². The Balaban J connectivity index is 1.37. The number of ether oxygens (including phenoxy) is 2. The molecule has 0 radical (unpaired) electrons. The fourth-order valence-electron chi connectivity index (χ4n) is 5.36. The van der Waals surface area contributed by atoms with Crippen LogP contribution in [-0.4, -0.2) is 17.6 Å². The Kier molecular flexibility index (Phi) is 8.82. The van der Waals surface area contributed by atoms with Crippen LogP contribution in [0.15, 0.2) is 124 Å². The number of methoxy groups -OCH3 is 1. The van der Waals surface area contributed by atoms with Crippen molar-refractivity contribution in [1.82, 2.24) is 4.57 Å². The zero-order chi connectivity index (χ0) is 33.1. The second-order valence-electron chi connectivity index (χ2n) is 10.7. The third kappa shape index (κ3) is 6.75. The van der Waals surface area contributed by atoms with Crippen molar-refractivity contribution in [1.29, 1.82) is 0 Å². The smallest absolute Gasteiger partial charge is 0.416 e. The van der Waals surface area contributed by atoms with Crippen LogP contribution in [0, 0.1) is 0 Å². The van der Waals surface area contributed by atoms with Crippen LogP contribution in [-0.2, 0) is 17.6 Å². The monoisotopic (exact) mass is 655 g/mol. The summed E-state index contributed by atoms with van der Waals surface area (Å²) in [5, 5.41) is 2.93. The molecule has 2 heterocycles. The highest BCUT2D eigenvalue weighted by atomic mass is 32.1. The maximum absolute atomic E-state index is 14.1. The fraction of sp³-hybridized carbons (Fsp3) is 0.139. The maximum Gasteiger partial charge on any atom is 0.416 e. The van der Waals surface area contributed by atoms with Gasteiger partial charge >= 0.3 is 6.18 Å². The number of alkyl halides is 3. The van der Waals surface area contributed by atoms with Crippen molar-refractivity contribution in [3.63, 3.8) is 0 Å². The van der Waals surface area contributed by atoms with Crippen LogP contribution in [0.4, 0.5) is 18.9 Å². The highest BCUT2D eigenvalue weighted by molar-refractivity contribution is 7.07. The highest BCUT2D eigenvalue weighted by Gasteiger charge is 2.33. The molecule has 1 atom stereocenters. The number of hydrogen-bond donors (Lipinski definition) is 1. The molecule has 47 heavy (non-hydrogen) atoms. The highest BCUT2D eigenvalue weighted by Crippen LogP contribution is 2.33. The first-order chi connectivity index (χ1) is 22.6. The van der Waals surface area contributed by atoms with E-state index in [2.05, 4.69) is 10.3 Å². The summed E-state index contributed by atoms with van der Waals surface area (Å²) in [4.78, 5) is 32.9. The second-order valence-corrected chi connectivity index (χ2v) is 11.7. The zero-order valence-electron chi connectivity index (χ0n) is 25.2. The molecule has 7 nitrogen and oxygen atoms in total. The summed E-state index contributed by atoms with van der Waals surface area (Å²) in [6, 6.07) is 27.6. The van der Waals surface area contributed by atoms with Crippen LogP contribution in [0.25, 0.3) is 6.08 Å². The SMILES string of the molecule is COc1ccc(/C=c2/sc3n(c2=O)C(c2ccccc2)C(C(=O)Nc2ccccc2)=C(C)N=3)cc1COc1cccc(C(F)(F)F)c1.